The number of morpholine rings is 1. The standard InChI is InChI=1S/C13H17FN2OS/c1-8-6-16(7-9(2)17-8)10-3-4-11(13(15)18)12(14)5-10/h3-5,8-9H,6-7H2,1-2H3,(H2,15,18)/t8-,9+. The Morgan fingerprint density at radius 2 is 2.00 bits per heavy atom. The smallest absolute Gasteiger partial charge is 0.135 e. The maximum atomic E-state index is 13.8. The van der Waals surface area contributed by atoms with Crippen molar-refractivity contribution in [3.63, 3.8) is 0 Å². The molecule has 1 aromatic rings. The highest BCUT2D eigenvalue weighted by Crippen LogP contribution is 2.22. The molecular formula is C13H17FN2OS. The third-order valence-electron chi connectivity index (χ3n) is 3.00. The zero-order valence-corrected chi connectivity index (χ0v) is 11.3. The normalized spacial score (nSPS) is 24.1. The van der Waals surface area contributed by atoms with E-state index in [2.05, 4.69) is 4.90 Å². The Hall–Kier alpha value is -1.20. The topological polar surface area (TPSA) is 38.5 Å². The summed E-state index contributed by atoms with van der Waals surface area (Å²) in [6.45, 7) is 5.55. The summed E-state index contributed by atoms with van der Waals surface area (Å²) in [5.74, 6) is -0.369. The van der Waals surface area contributed by atoms with Crippen LogP contribution in [0.2, 0.25) is 0 Å². The number of anilines is 1. The van der Waals surface area contributed by atoms with Crippen LogP contribution >= 0.6 is 12.2 Å². The minimum atomic E-state index is -0.369. The lowest BCUT2D eigenvalue weighted by molar-refractivity contribution is -0.00523. The van der Waals surface area contributed by atoms with E-state index in [9.17, 15) is 4.39 Å². The van der Waals surface area contributed by atoms with E-state index in [0.29, 0.717) is 5.56 Å². The van der Waals surface area contributed by atoms with Crippen LogP contribution in [-0.2, 0) is 4.74 Å². The van der Waals surface area contributed by atoms with E-state index in [1.807, 2.05) is 19.9 Å². The third-order valence-corrected chi connectivity index (χ3v) is 3.22. The lowest BCUT2D eigenvalue weighted by Crippen LogP contribution is -2.45. The molecule has 0 spiro atoms. The number of rotatable bonds is 2. The molecule has 0 aromatic heterocycles. The Morgan fingerprint density at radius 3 is 2.50 bits per heavy atom. The average Bonchev–Trinajstić information content (AvgIpc) is 2.26. The number of nitrogens with two attached hydrogens (primary N) is 1. The molecule has 1 aliphatic heterocycles. The van der Waals surface area contributed by atoms with Crippen molar-refractivity contribution in [2.75, 3.05) is 18.0 Å². The van der Waals surface area contributed by atoms with Crippen LogP contribution in [0, 0.1) is 5.82 Å². The molecule has 1 heterocycles. The van der Waals surface area contributed by atoms with Crippen molar-refractivity contribution in [2.45, 2.75) is 26.1 Å². The van der Waals surface area contributed by atoms with Crippen LogP contribution in [0.4, 0.5) is 10.1 Å². The zero-order chi connectivity index (χ0) is 13.3. The van der Waals surface area contributed by atoms with Gasteiger partial charge in [-0.05, 0) is 32.0 Å². The Bertz CT molecular complexity index is 456. The van der Waals surface area contributed by atoms with Crippen molar-refractivity contribution in [1.82, 2.24) is 0 Å². The van der Waals surface area contributed by atoms with Gasteiger partial charge in [-0.25, -0.2) is 4.39 Å². The first-order valence-corrected chi connectivity index (χ1v) is 6.38. The van der Waals surface area contributed by atoms with Gasteiger partial charge in [0.15, 0.2) is 0 Å². The van der Waals surface area contributed by atoms with Crippen molar-refractivity contribution in [2.24, 2.45) is 5.73 Å². The summed E-state index contributed by atoms with van der Waals surface area (Å²) in [5, 5.41) is 0. The minimum absolute atomic E-state index is 0.0859. The molecule has 0 unspecified atom stereocenters. The first kappa shape index (κ1) is 13.2. The highest BCUT2D eigenvalue weighted by atomic mass is 32.1. The van der Waals surface area contributed by atoms with Gasteiger partial charge in [-0.2, -0.15) is 0 Å². The molecule has 18 heavy (non-hydrogen) atoms. The number of hydrogen-bond donors (Lipinski definition) is 1. The van der Waals surface area contributed by atoms with Gasteiger partial charge in [-0.3, -0.25) is 0 Å². The molecule has 0 radical (unpaired) electrons. The molecule has 3 nitrogen and oxygen atoms in total. The number of benzene rings is 1. The number of nitrogens with zero attached hydrogens (tertiary/aromatic N) is 1. The van der Waals surface area contributed by atoms with Gasteiger partial charge in [0.2, 0.25) is 0 Å². The molecule has 1 aromatic carbocycles. The van der Waals surface area contributed by atoms with E-state index in [1.165, 1.54) is 6.07 Å². The van der Waals surface area contributed by atoms with Crippen molar-refractivity contribution >= 4 is 22.9 Å². The molecule has 1 saturated heterocycles. The van der Waals surface area contributed by atoms with Crippen LogP contribution in [0.5, 0.6) is 0 Å². The van der Waals surface area contributed by atoms with Crippen LogP contribution in [0.25, 0.3) is 0 Å². The fourth-order valence-electron chi connectivity index (χ4n) is 2.29. The van der Waals surface area contributed by atoms with Gasteiger partial charge in [0.25, 0.3) is 0 Å². The lowest BCUT2D eigenvalue weighted by Gasteiger charge is -2.36. The van der Waals surface area contributed by atoms with Crippen molar-refractivity contribution in [1.29, 1.82) is 0 Å². The predicted octanol–water partition coefficient (Wildman–Crippen LogP) is 2.07. The minimum Gasteiger partial charge on any atom is -0.389 e. The number of hydrogen-bond acceptors (Lipinski definition) is 3. The van der Waals surface area contributed by atoms with Gasteiger partial charge in [0.1, 0.15) is 10.8 Å². The molecule has 1 aliphatic rings. The summed E-state index contributed by atoms with van der Waals surface area (Å²) in [5.41, 5.74) is 6.58. The number of halogens is 1. The molecule has 2 atom stereocenters. The predicted molar refractivity (Wildman–Crippen MR) is 74.5 cm³/mol. The fourth-order valence-corrected chi connectivity index (χ4v) is 2.45. The molecule has 1 fully saturated rings. The zero-order valence-electron chi connectivity index (χ0n) is 10.5. The van der Waals surface area contributed by atoms with E-state index in [1.54, 1.807) is 6.07 Å². The Kier molecular flexibility index (Phi) is 3.82. The lowest BCUT2D eigenvalue weighted by atomic mass is 10.1. The Labute approximate surface area is 112 Å². The second kappa shape index (κ2) is 5.20. The van der Waals surface area contributed by atoms with E-state index < -0.39 is 0 Å². The monoisotopic (exact) mass is 268 g/mol. The highest BCUT2D eigenvalue weighted by molar-refractivity contribution is 7.80. The van der Waals surface area contributed by atoms with Crippen LogP contribution in [-0.4, -0.2) is 30.3 Å². The van der Waals surface area contributed by atoms with Crippen molar-refractivity contribution in [3.05, 3.63) is 29.6 Å². The molecule has 5 heteroatoms. The van der Waals surface area contributed by atoms with E-state index in [-0.39, 0.29) is 23.0 Å². The second-order valence-corrected chi connectivity index (χ2v) is 5.13. The summed E-state index contributed by atoms with van der Waals surface area (Å²) in [6.07, 6.45) is 0.291. The van der Waals surface area contributed by atoms with Gasteiger partial charge in [-0.15, -0.1) is 0 Å². The molecule has 2 rings (SSSR count). The Morgan fingerprint density at radius 1 is 1.39 bits per heavy atom. The van der Waals surface area contributed by atoms with Crippen LogP contribution in [0.3, 0.4) is 0 Å². The number of thiocarbonyl (C=S) groups is 1. The average molecular weight is 268 g/mol. The molecule has 2 N–H and O–H groups in total. The van der Waals surface area contributed by atoms with Gasteiger partial charge in [0.05, 0.1) is 12.2 Å². The summed E-state index contributed by atoms with van der Waals surface area (Å²) >= 11 is 4.79. The molecule has 0 amide bonds. The molecule has 0 bridgehead atoms. The highest BCUT2D eigenvalue weighted by Gasteiger charge is 2.23. The van der Waals surface area contributed by atoms with Crippen LogP contribution < -0.4 is 10.6 Å². The SMILES string of the molecule is C[C@@H]1CN(c2ccc(C(N)=S)c(F)c2)C[C@H](C)O1. The van der Waals surface area contributed by atoms with Gasteiger partial charge in [-0.1, -0.05) is 12.2 Å². The fraction of sp³-hybridized carbons (Fsp3) is 0.462. The van der Waals surface area contributed by atoms with E-state index >= 15 is 0 Å². The molecule has 98 valence electrons. The summed E-state index contributed by atoms with van der Waals surface area (Å²) in [6, 6.07) is 4.97. The number of ether oxygens (including phenoxy) is 1. The maximum absolute atomic E-state index is 13.8. The van der Waals surface area contributed by atoms with E-state index in [0.717, 1.165) is 18.8 Å². The largest absolute Gasteiger partial charge is 0.389 e. The quantitative estimate of drug-likeness (QED) is 0.833. The summed E-state index contributed by atoms with van der Waals surface area (Å²) in [7, 11) is 0. The maximum Gasteiger partial charge on any atom is 0.135 e. The Balaban J connectivity index is 2.23. The molecule has 0 saturated carbocycles. The van der Waals surface area contributed by atoms with Crippen LogP contribution in [0.1, 0.15) is 19.4 Å². The van der Waals surface area contributed by atoms with Gasteiger partial charge >= 0.3 is 0 Å². The van der Waals surface area contributed by atoms with Gasteiger partial charge < -0.3 is 15.4 Å². The molecular weight excluding hydrogens is 251 g/mol. The molecule has 0 aliphatic carbocycles. The second-order valence-electron chi connectivity index (χ2n) is 4.69. The third kappa shape index (κ3) is 2.79. The van der Waals surface area contributed by atoms with Crippen LogP contribution in [0.15, 0.2) is 18.2 Å². The van der Waals surface area contributed by atoms with Crippen molar-refractivity contribution in [3.8, 4) is 0 Å². The summed E-state index contributed by atoms with van der Waals surface area (Å²) in [4.78, 5) is 2.20. The summed E-state index contributed by atoms with van der Waals surface area (Å²) < 4.78 is 19.5. The van der Waals surface area contributed by atoms with Crippen molar-refractivity contribution < 1.29 is 9.13 Å². The van der Waals surface area contributed by atoms with E-state index in [4.69, 9.17) is 22.7 Å². The first-order valence-electron chi connectivity index (χ1n) is 5.97. The first-order chi connectivity index (χ1) is 8.47. The van der Waals surface area contributed by atoms with Gasteiger partial charge in [0, 0.05) is 24.3 Å².